The summed E-state index contributed by atoms with van der Waals surface area (Å²) in [7, 11) is 0. The molecule has 1 aliphatic heterocycles. The molecule has 3 rings (SSSR count). The summed E-state index contributed by atoms with van der Waals surface area (Å²) in [6, 6.07) is 11.1. The molecular formula is C26H33ClFNO4. The van der Waals surface area contributed by atoms with Crippen LogP contribution in [-0.2, 0) is 22.4 Å². The van der Waals surface area contributed by atoms with Gasteiger partial charge in [0.1, 0.15) is 5.82 Å². The van der Waals surface area contributed by atoms with Crippen LogP contribution in [-0.4, -0.2) is 52.9 Å². The summed E-state index contributed by atoms with van der Waals surface area (Å²) < 4.78 is 19.9. The normalized spacial score (nSPS) is 18.4. The Morgan fingerprint density at radius 3 is 2.85 bits per heavy atom. The number of ether oxygens (including phenoxy) is 1. The van der Waals surface area contributed by atoms with Gasteiger partial charge in [-0.05, 0) is 80.5 Å². The molecule has 180 valence electrons. The molecule has 0 spiro atoms. The summed E-state index contributed by atoms with van der Waals surface area (Å²) in [6.07, 6.45) is 2.17. The number of aliphatic carboxylic acids is 1. The number of carbonyl (C=O) groups is 1. The number of aryl methyl sites for hydroxylation is 1. The van der Waals surface area contributed by atoms with Gasteiger partial charge in [-0.1, -0.05) is 35.9 Å². The van der Waals surface area contributed by atoms with Gasteiger partial charge in [-0.3, -0.25) is 9.69 Å². The van der Waals surface area contributed by atoms with Crippen molar-refractivity contribution >= 4 is 17.6 Å². The fourth-order valence-electron chi connectivity index (χ4n) is 4.52. The highest BCUT2D eigenvalue weighted by molar-refractivity contribution is 6.31. The summed E-state index contributed by atoms with van der Waals surface area (Å²) in [5.74, 6) is -1.05. The first-order valence-corrected chi connectivity index (χ1v) is 11.9. The first kappa shape index (κ1) is 25.6. The topological polar surface area (TPSA) is 70.0 Å². The lowest BCUT2D eigenvalue weighted by molar-refractivity contribution is -0.136. The number of benzene rings is 2. The van der Waals surface area contributed by atoms with E-state index >= 15 is 0 Å². The van der Waals surface area contributed by atoms with Crippen LogP contribution in [0.3, 0.4) is 0 Å². The van der Waals surface area contributed by atoms with Crippen LogP contribution in [0.2, 0.25) is 5.02 Å². The molecule has 0 unspecified atom stereocenters. The lowest BCUT2D eigenvalue weighted by atomic mass is 9.99. The van der Waals surface area contributed by atoms with E-state index < -0.39 is 12.1 Å². The third-order valence-electron chi connectivity index (χ3n) is 6.37. The Morgan fingerprint density at radius 2 is 2.12 bits per heavy atom. The van der Waals surface area contributed by atoms with E-state index in [1.54, 1.807) is 19.1 Å². The van der Waals surface area contributed by atoms with Crippen molar-refractivity contribution in [2.75, 3.05) is 19.7 Å². The number of nitrogens with zero attached hydrogens (tertiary/aromatic N) is 1. The van der Waals surface area contributed by atoms with Crippen molar-refractivity contribution in [2.45, 2.75) is 64.2 Å². The molecule has 3 atom stereocenters. The van der Waals surface area contributed by atoms with E-state index in [-0.39, 0.29) is 31.0 Å². The highest BCUT2D eigenvalue weighted by Crippen LogP contribution is 2.29. The smallest absolute Gasteiger partial charge is 0.303 e. The maximum Gasteiger partial charge on any atom is 0.303 e. The van der Waals surface area contributed by atoms with Gasteiger partial charge in [0.2, 0.25) is 0 Å². The number of halogens is 2. The molecule has 0 saturated carbocycles. The lowest BCUT2D eigenvalue weighted by Gasteiger charge is -2.28. The second-order valence-electron chi connectivity index (χ2n) is 8.91. The van der Waals surface area contributed by atoms with Crippen LogP contribution < -0.4 is 0 Å². The highest BCUT2D eigenvalue weighted by atomic mass is 35.5. The van der Waals surface area contributed by atoms with Crippen LogP contribution in [0.1, 0.15) is 54.5 Å². The minimum Gasteiger partial charge on any atom is -0.481 e. The number of aliphatic hydroxyl groups excluding tert-OH is 1. The number of hydrogen-bond acceptors (Lipinski definition) is 4. The quantitative estimate of drug-likeness (QED) is 0.479. The summed E-state index contributed by atoms with van der Waals surface area (Å²) in [5, 5.41) is 20.2. The van der Waals surface area contributed by atoms with Crippen LogP contribution in [0.4, 0.5) is 4.39 Å². The van der Waals surface area contributed by atoms with Crippen molar-refractivity contribution in [2.24, 2.45) is 0 Å². The molecule has 0 aliphatic carbocycles. The van der Waals surface area contributed by atoms with Crippen LogP contribution in [0.25, 0.3) is 0 Å². The Labute approximate surface area is 200 Å². The van der Waals surface area contributed by atoms with Crippen LogP contribution >= 0.6 is 11.6 Å². The van der Waals surface area contributed by atoms with Crippen LogP contribution in [0.5, 0.6) is 0 Å². The standard InChI is InChI=1S/C26H33ClFNO4/c1-17-8-9-19(14-25(17)28)13-20-5-4-12-29(20)15-21(30)16-33-18(2)22-6-3-7-24(27)23(22)10-11-26(31)32/h3,6-9,14,18,20-21,30H,4-5,10-13,15-16H2,1-2H3,(H,31,32)/t18-,20+,21-/m1/s1. The first-order valence-electron chi connectivity index (χ1n) is 11.5. The zero-order valence-corrected chi connectivity index (χ0v) is 20.0. The summed E-state index contributed by atoms with van der Waals surface area (Å²) in [5.41, 5.74) is 3.24. The third kappa shape index (κ3) is 7.24. The third-order valence-corrected chi connectivity index (χ3v) is 6.73. The first-order chi connectivity index (χ1) is 15.7. The van der Waals surface area contributed by atoms with Gasteiger partial charge in [0, 0.05) is 24.0 Å². The number of rotatable bonds is 11. The molecular weight excluding hydrogens is 445 g/mol. The fraction of sp³-hybridized carbons (Fsp3) is 0.500. The van der Waals surface area contributed by atoms with Gasteiger partial charge in [0.15, 0.2) is 0 Å². The van der Waals surface area contributed by atoms with Gasteiger partial charge in [-0.2, -0.15) is 0 Å². The van der Waals surface area contributed by atoms with E-state index in [2.05, 4.69) is 4.90 Å². The van der Waals surface area contributed by atoms with E-state index in [1.807, 2.05) is 31.2 Å². The van der Waals surface area contributed by atoms with Crippen LogP contribution in [0.15, 0.2) is 36.4 Å². The average molecular weight is 478 g/mol. The predicted octanol–water partition coefficient (Wildman–Crippen LogP) is 4.95. The summed E-state index contributed by atoms with van der Waals surface area (Å²) in [4.78, 5) is 13.2. The molecule has 0 amide bonds. The molecule has 0 bridgehead atoms. The van der Waals surface area contributed by atoms with Gasteiger partial charge >= 0.3 is 5.97 Å². The van der Waals surface area contributed by atoms with Gasteiger partial charge in [0.05, 0.1) is 18.8 Å². The number of aliphatic hydroxyl groups is 1. The zero-order chi connectivity index (χ0) is 24.0. The van der Waals surface area contributed by atoms with Crippen molar-refractivity contribution in [3.05, 3.63) is 69.5 Å². The second kappa shape index (κ2) is 11.9. The molecule has 2 aromatic carbocycles. The van der Waals surface area contributed by atoms with Gasteiger partial charge in [0.25, 0.3) is 0 Å². The molecule has 1 saturated heterocycles. The minimum absolute atomic E-state index is 0.00664. The van der Waals surface area contributed by atoms with E-state index in [1.165, 1.54) is 0 Å². The Hall–Kier alpha value is -1.99. The molecule has 0 radical (unpaired) electrons. The number of likely N-dealkylation sites (tertiary alicyclic amines) is 1. The predicted molar refractivity (Wildman–Crippen MR) is 127 cm³/mol. The SMILES string of the molecule is Cc1ccc(C[C@@H]2CCCN2C[C@@H](O)CO[C@H](C)c2cccc(Cl)c2CCC(=O)O)cc1F. The lowest BCUT2D eigenvalue weighted by Crippen LogP contribution is -2.39. The van der Waals surface area contributed by atoms with Gasteiger partial charge in [-0.15, -0.1) is 0 Å². The van der Waals surface area contributed by atoms with E-state index in [0.29, 0.717) is 23.6 Å². The van der Waals surface area contributed by atoms with Crippen molar-refractivity contribution in [3.63, 3.8) is 0 Å². The number of β-amino-alcohol motifs (C(OH)–C–C–N with tert-alkyl or cyclic N) is 1. The van der Waals surface area contributed by atoms with Crippen LogP contribution in [0, 0.1) is 12.7 Å². The Morgan fingerprint density at radius 1 is 1.33 bits per heavy atom. The maximum atomic E-state index is 13.9. The molecule has 33 heavy (non-hydrogen) atoms. The summed E-state index contributed by atoms with van der Waals surface area (Å²) in [6.45, 7) is 5.20. The monoisotopic (exact) mass is 477 g/mol. The van der Waals surface area contributed by atoms with Gasteiger partial charge < -0.3 is 14.9 Å². The van der Waals surface area contributed by atoms with E-state index in [0.717, 1.165) is 42.5 Å². The Kier molecular flexibility index (Phi) is 9.27. The van der Waals surface area contributed by atoms with Crippen molar-refractivity contribution in [1.29, 1.82) is 0 Å². The van der Waals surface area contributed by atoms with Gasteiger partial charge in [-0.25, -0.2) is 4.39 Å². The number of carboxylic acids is 1. The number of carboxylic acid groups (broad SMARTS) is 1. The fourth-order valence-corrected chi connectivity index (χ4v) is 4.80. The molecule has 7 heteroatoms. The average Bonchev–Trinajstić information content (AvgIpc) is 3.19. The maximum absolute atomic E-state index is 13.9. The molecule has 1 aliphatic rings. The molecule has 2 aromatic rings. The Balaban J connectivity index is 1.54. The van der Waals surface area contributed by atoms with E-state index in [4.69, 9.17) is 21.4 Å². The molecule has 1 fully saturated rings. The largest absolute Gasteiger partial charge is 0.481 e. The Bertz CT molecular complexity index is 954. The minimum atomic E-state index is -0.876. The highest BCUT2D eigenvalue weighted by Gasteiger charge is 2.27. The van der Waals surface area contributed by atoms with E-state index in [9.17, 15) is 14.3 Å². The van der Waals surface area contributed by atoms with Crippen molar-refractivity contribution < 1.29 is 24.1 Å². The summed E-state index contributed by atoms with van der Waals surface area (Å²) >= 11 is 6.31. The molecule has 2 N–H and O–H groups in total. The zero-order valence-electron chi connectivity index (χ0n) is 19.3. The number of hydrogen-bond donors (Lipinski definition) is 2. The molecule has 1 heterocycles. The van der Waals surface area contributed by atoms with Crippen molar-refractivity contribution in [3.8, 4) is 0 Å². The molecule has 5 nitrogen and oxygen atoms in total. The second-order valence-corrected chi connectivity index (χ2v) is 9.32. The molecule has 0 aromatic heterocycles. The van der Waals surface area contributed by atoms with Crippen molar-refractivity contribution in [1.82, 2.24) is 4.90 Å².